The molecule has 3 heterocycles. The molecule has 2 aliphatic heterocycles. The average Bonchev–Trinajstić information content (AvgIpc) is 3.26. The van der Waals surface area contributed by atoms with Crippen molar-refractivity contribution in [1.82, 2.24) is 19.8 Å². The zero-order valence-electron chi connectivity index (χ0n) is 17.3. The van der Waals surface area contributed by atoms with Gasteiger partial charge in [-0.05, 0) is 61.9 Å². The van der Waals surface area contributed by atoms with Gasteiger partial charge in [0.1, 0.15) is 0 Å². The van der Waals surface area contributed by atoms with Crippen molar-refractivity contribution in [3.05, 3.63) is 53.6 Å². The maximum atomic E-state index is 12.4. The Morgan fingerprint density at radius 1 is 1.07 bits per heavy atom. The summed E-state index contributed by atoms with van der Waals surface area (Å²) >= 11 is 0. The van der Waals surface area contributed by atoms with E-state index in [-0.39, 0.29) is 0 Å². The molecule has 0 saturated carbocycles. The van der Waals surface area contributed by atoms with Gasteiger partial charge < -0.3 is 15.6 Å². The summed E-state index contributed by atoms with van der Waals surface area (Å²) in [6.45, 7) is 5.67. The van der Waals surface area contributed by atoms with Crippen LogP contribution in [0.5, 0.6) is 0 Å². The first-order chi connectivity index (χ1) is 14.2. The van der Waals surface area contributed by atoms with Crippen LogP contribution in [0.15, 0.2) is 36.8 Å². The van der Waals surface area contributed by atoms with Crippen LogP contribution in [0.1, 0.15) is 42.5 Å². The summed E-state index contributed by atoms with van der Waals surface area (Å²) in [5, 5.41) is 0. The molecule has 2 aliphatic rings. The molecule has 2 saturated heterocycles. The number of nitrogens with zero attached hydrogens (tertiary/aromatic N) is 3. The lowest BCUT2D eigenvalue weighted by Crippen LogP contribution is -2.51. The second-order valence-corrected chi connectivity index (χ2v) is 8.77. The fraction of sp³-hybridized carbons (Fsp3) is 0.565. The molecule has 1 aromatic heterocycles. The number of hydrogen-bond acceptors (Lipinski definition) is 4. The van der Waals surface area contributed by atoms with Crippen LogP contribution in [0.2, 0.25) is 0 Å². The van der Waals surface area contributed by atoms with E-state index in [9.17, 15) is 4.79 Å². The Bertz CT molecular complexity index is 778. The van der Waals surface area contributed by atoms with Crippen molar-refractivity contribution in [2.24, 2.45) is 11.1 Å². The van der Waals surface area contributed by atoms with E-state index in [2.05, 4.69) is 44.0 Å². The third-order valence-electron chi connectivity index (χ3n) is 6.73. The number of piperidine rings is 2. The second-order valence-electron chi connectivity index (χ2n) is 8.77. The van der Waals surface area contributed by atoms with Crippen molar-refractivity contribution in [1.29, 1.82) is 0 Å². The molecule has 1 amide bonds. The van der Waals surface area contributed by atoms with Crippen molar-refractivity contribution in [3.63, 3.8) is 0 Å². The van der Waals surface area contributed by atoms with Gasteiger partial charge >= 0.3 is 0 Å². The van der Waals surface area contributed by atoms with Crippen LogP contribution in [-0.2, 0) is 24.2 Å². The largest absolute Gasteiger partial charge is 0.348 e. The summed E-state index contributed by atoms with van der Waals surface area (Å²) in [7, 11) is 0. The summed E-state index contributed by atoms with van der Waals surface area (Å²) in [5.41, 5.74) is 9.74. The van der Waals surface area contributed by atoms with Gasteiger partial charge in [-0.25, -0.2) is 4.98 Å². The molecule has 29 heavy (non-hydrogen) atoms. The van der Waals surface area contributed by atoms with Crippen LogP contribution in [0.4, 0.5) is 0 Å². The fourth-order valence-corrected chi connectivity index (χ4v) is 4.81. The lowest BCUT2D eigenvalue weighted by molar-refractivity contribution is -0.139. The van der Waals surface area contributed by atoms with Gasteiger partial charge in [0.15, 0.2) is 0 Å². The van der Waals surface area contributed by atoms with Gasteiger partial charge in [0.25, 0.3) is 0 Å². The summed E-state index contributed by atoms with van der Waals surface area (Å²) in [4.78, 5) is 24.3. The zero-order chi connectivity index (χ0) is 20.1. The summed E-state index contributed by atoms with van der Waals surface area (Å²) < 4.78 is 0. The maximum Gasteiger partial charge on any atom is 0.222 e. The standard InChI is InChI=1S/C23H33N5O/c24-11-6-19-1-3-20(4-2-19)16-27-13-9-23(10-14-27)8-5-22(29)28(17-23)12-7-21-15-25-18-26-21/h1-4,15,18H,5-14,16-17,24H2,(H,25,26). The number of aromatic amines is 1. The van der Waals surface area contributed by atoms with Gasteiger partial charge in [-0.2, -0.15) is 0 Å². The lowest BCUT2D eigenvalue weighted by atomic mass is 9.72. The highest BCUT2D eigenvalue weighted by molar-refractivity contribution is 5.77. The molecule has 1 aromatic carbocycles. The van der Waals surface area contributed by atoms with Gasteiger partial charge in [-0.3, -0.25) is 9.69 Å². The minimum atomic E-state index is 0.309. The molecule has 2 fully saturated rings. The third-order valence-corrected chi connectivity index (χ3v) is 6.73. The second kappa shape index (κ2) is 9.09. The van der Waals surface area contributed by atoms with E-state index in [4.69, 9.17) is 5.73 Å². The van der Waals surface area contributed by atoms with E-state index >= 15 is 0 Å². The fourth-order valence-electron chi connectivity index (χ4n) is 4.81. The molecular weight excluding hydrogens is 362 g/mol. The first kappa shape index (κ1) is 20.1. The maximum absolute atomic E-state index is 12.4. The Hall–Kier alpha value is -2.18. The van der Waals surface area contributed by atoms with Crippen LogP contribution in [-0.4, -0.2) is 58.4 Å². The molecule has 0 bridgehead atoms. The Labute approximate surface area is 173 Å². The molecule has 2 aromatic rings. The third kappa shape index (κ3) is 5.06. The smallest absolute Gasteiger partial charge is 0.222 e. The van der Waals surface area contributed by atoms with Gasteiger partial charge in [0.2, 0.25) is 5.91 Å². The molecule has 156 valence electrons. The molecule has 0 radical (unpaired) electrons. The number of nitrogens with two attached hydrogens (primary N) is 1. The number of likely N-dealkylation sites (tertiary alicyclic amines) is 2. The Balaban J connectivity index is 1.28. The van der Waals surface area contributed by atoms with Crippen LogP contribution >= 0.6 is 0 Å². The number of nitrogens with one attached hydrogen (secondary N) is 1. The van der Waals surface area contributed by atoms with E-state index < -0.39 is 0 Å². The summed E-state index contributed by atoms with van der Waals surface area (Å²) in [6, 6.07) is 8.90. The highest BCUT2D eigenvalue weighted by atomic mass is 16.2. The van der Waals surface area contributed by atoms with Crippen molar-refractivity contribution in [2.45, 2.75) is 45.1 Å². The predicted molar refractivity (Wildman–Crippen MR) is 114 cm³/mol. The van der Waals surface area contributed by atoms with Crippen LogP contribution < -0.4 is 5.73 Å². The molecular formula is C23H33N5O. The van der Waals surface area contributed by atoms with Crippen LogP contribution in [0.3, 0.4) is 0 Å². The minimum absolute atomic E-state index is 0.309. The average molecular weight is 396 g/mol. The molecule has 0 unspecified atom stereocenters. The van der Waals surface area contributed by atoms with E-state index in [0.29, 0.717) is 24.3 Å². The first-order valence-electron chi connectivity index (χ1n) is 10.9. The number of rotatable bonds is 7. The normalized spacial score (nSPS) is 19.8. The van der Waals surface area contributed by atoms with Crippen molar-refractivity contribution in [3.8, 4) is 0 Å². The quantitative estimate of drug-likeness (QED) is 0.754. The predicted octanol–water partition coefficient (Wildman–Crippen LogP) is 2.36. The number of amides is 1. The SMILES string of the molecule is NCCc1ccc(CN2CCC3(CCC(=O)N(CCc4cnc[nH]4)C3)CC2)cc1. The number of imidazole rings is 1. The molecule has 1 spiro atoms. The van der Waals surface area contributed by atoms with Gasteiger partial charge in [0.05, 0.1) is 6.33 Å². The minimum Gasteiger partial charge on any atom is -0.348 e. The molecule has 4 rings (SSSR count). The van der Waals surface area contributed by atoms with E-state index in [1.807, 2.05) is 6.20 Å². The molecule has 0 atom stereocenters. The van der Waals surface area contributed by atoms with Crippen LogP contribution in [0.25, 0.3) is 0 Å². The summed E-state index contributed by atoms with van der Waals surface area (Å²) in [5.74, 6) is 0.315. The van der Waals surface area contributed by atoms with Gasteiger partial charge in [-0.1, -0.05) is 24.3 Å². The van der Waals surface area contributed by atoms with Gasteiger partial charge in [0, 0.05) is 44.4 Å². The number of carbonyl (C=O) groups is 1. The Kier molecular flexibility index (Phi) is 6.31. The topological polar surface area (TPSA) is 78.2 Å². The van der Waals surface area contributed by atoms with E-state index in [1.54, 1.807) is 6.33 Å². The van der Waals surface area contributed by atoms with E-state index in [0.717, 1.165) is 57.7 Å². The molecule has 6 nitrogen and oxygen atoms in total. The number of hydrogen-bond donors (Lipinski definition) is 2. The van der Waals surface area contributed by atoms with Gasteiger partial charge in [-0.15, -0.1) is 0 Å². The Morgan fingerprint density at radius 2 is 1.83 bits per heavy atom. The van der Waals surface area contributed by atoms with Crippen molar-refractivity contribution >= 4 is 5.91 Å². The number of H-pyrrole nitrogens is 1. The van der Waals surface area contributed by atoms with Crippen LogP contribution in [0, 0.1) is 5.41 Å². The lowest BCUT2D eigenvalue weighted by Gasteiger charge is -2.47. The molecule has 3 N–H and O–H groups in total. The number of benzene rings is 1. The highest BCUT2D eigenvalue weighted by Crippen LogP contribution is 2.40. The Morgan fingerprint density at radius 3 is 2.52 bits per heavy atom. The highest BCUT2D eigenvalue weighted by Gasteiger charge is 2.40. The van der Waals surface area contributed by atoms with E-state index in [1.165, 1.54) is 24.0 Å². The zero-order valence-corrected chi connectivity index (χ0v) is 17.3. The van der Waals surface area contributed by atoms with Crippen molar-refractivity contribution in [2.75, 3.05) is 32.7 Å². The molecule has 0 aliphatic carbocycles. The summed E-state index contributed by atoms with van der Waals surface area (Å²) in [6.07, 6.45) is 9.48. The van der Waals surface area contributed by atoms with Crippen molar-refractivity contribution < 1.29 is 4.79 Å². The monoisotopic (exact) mass is 395 g/mol. The number of aromatic nitrogens is 2. The number of carbonyl (C=O) groups excluding carboxylic acids is 1. The first-order valence-corrected chi connectivity index (χ1v) is 10.9. The molecule has 6 heteroatoms.